The summed E-state index contributed by atoms with van der Waals surface area (Å²) in [4.78, 5) is 16.9. The Morgan fingerprint density at radius 3 is 2.70 bits per heavy atom. The zero-order chi connectivity index (χ0) is 18.5. The maximum Gasteiger partial charge on any atom is 0.251 e. The van der Waals surface area contributed by atoms with Crippen LogP contribution in [0.1, 0.15) is 54.4 Å². The molecule has 2 aliphatic rings. The molecule has 1 aliphatic carbocycles. The van der Waals surface area contributed by atoms with Crippen molar-refractivity contribution in [3.8, 4) is 11.5 Å². The summed E-state index contributed by atoms with van der Waals surface area (Å²) in [6, 6.07) is 9.72. The molecule has 0 saturated heterocycles. The van der Waals surface area contributed by atoms with Gasteiger partial charge in [-0.05, 0) is 42.7 Å². The Balaban J connectivity index is 1.35. The number of fused-ring (bicyclic) bond motifs is 1. The van der Waals surface area contributed by atoms with E-state index in [0.717, 1.165) is 22.9 Å². The molecule has 1 aromatic heterocycles. The predicted octanol–water partition coefficient (Wildman–Crippen LogP) is 3.88. The third kappa shape index (κ3) is 4.51. The van der Waals surface area contributed by atoms with Crippen molar-refractivity contribution >= 4 is 11.7 Å². The van der Waals surface area contributed by atoms with Gasteiger partial charge in [-0.1, -0.05) is 31.7 Å². The second-order valence-electron chi connectivity index (χ2n) is 7.13. The van der Waals surface area contributed by atoms with Gasteiger partial charge in [0.15, 0.2) is 11.5 Å². The minimum Gasteiger partial charge on any atom is -0.454 e. The van der Waals surface area contributed by atoms with Crippen molar-refractivity contribution in [2.24, 2.45) is 0 Å². The quantitative estimate of drug-likeness (QED) is 0.785. The van der Waals surface area contributed by atoms with E-state index in [0.29, 0.717) is 18.2 Å². The van der Waals surface area contributed by atoms with Crippen LogP contribution in [0.5, 0.6) is 11.5 Å². The largest absolute Gasteiger partial charge is 0.454 e. The highest BCUT2D eigenvalue weighted by Gasteiger charge is 2.15. The molecule has 6 nitrogen and oxygen atoms in total. The number of carbonyl (C=O) groups excluding carboxylic acids is 1. The number of rotatable bonds is 5. The molecule has 142 valence electrons. The predicted molar refractivity (Wildman–Crippen MR) is 103 cm³/mol. The fraction of sp³-hybridized carbons (Fsp3) is 0.429. The van der Waals surface area contributed by atoms with Gasteiger partial charge < -0.3 is 20.1 Å². The van der Waals surface area contributed by atoms with Crippen LogP contribution in [0.2, 0.25) is 0 Å². The molecule has 2 aromatic rings. The highest BCUT2D eigenvalue weighted by molar-refractivity contribution is 5.94. The van der Waals surface area contributed by atoms with Crippen molar-refractivity contribution in [2.75, 3.05) is 12.1 Å². The van der Waals surface area contributed by atoms with E-state index >= 15 is 0 Å². The maximum atomic E-state index is 12.5. The summed E-state index contributed by atoms with van der Waals surface area (Å²) < 4.78 is 10.7. The number of hydrogen-bond donors (Lipinski definition) is 2. The first kappa shape index (κ1) is 17.6. The van der Waals surface area contributed by atoms with E-state index in [1.807, 2.05) is 24.3 Å². The van der Waals surface area contributed by atoms with E-state index in [1.54, 1.807) is 12.3 Å². The lowest BCUT2D eigenvalue weighted by Crippen LogP contribution is -2.24. The minimum absolute atomic E-state index is 0.112. The number of pyridine rings is 1. The monoisotopic (exact) mass is 367 g/mol. The molecule has 0 atom stereocenters. The summed E-state index contributed by atoms with van der Waals surface area (Å²) in [6.45, 7) is 0.683. The first-order valence-corrected chi connectivity index (χ1v) is 9.67. The van der Waals surface area contributed by atoms with Crippen LogP contribution < -0.4 is 20.1 Å². The fourth-order valence-corrected chi connectivity index (χ4v) is 3.62. The Bertz CT molecular complexity index is 801. The van der Waals surface area contributed by atoms with E-state index < -0.39 is 0 Å². The normalized spacial score (nSPS) is 16.6. The van der Waals surface area contributed by atoms with Gasteiger partial charge in [0.2, 0.25) is 6.79 Å². The van der Waals surface area contributed by atoms with Gasteiger partial charge in [-0.25, -0.2) is 4.98 Å². The lowest BCUT2D eigenvalue weighted by molar-refractivity contribution is 0.0950. The Morgan fingerprint density at radius 2 is 1.85 bits per heavy atom. The van der Waals surface area contributed by atoms with Crippen LogP contribution in [0.25, 0.3) is 0 Å². The number of nitrogens with one attached hydrogen (secondary N) is 2. The summed E-state index contributed by atoms with van der Waals surface area (Å²) in [5, 5.41) is 6.45. The zero-order valence-corrected chi connectivity index (χ0v) is 15.4. The zero-order valence-electron chi connectivity index (χ0n) is 15.4. The van der Waals surface area contributed by atoms with Crippen LogP contribution >= 0.6 is 0 Å². The van der Waals surface area contributed by atoms with Gasteiger partial charge in [0, 0.05) is 24.3 Å². The lowest BCUT2D eigenvalue weighted by Gasteiger charge is -2.17. The van der Waals surface area contributed by atoms with E-state index in [1.165, 1.54) is 38.5 Å². The minimum atomic E-state index is -0.112. The van der Waals surface area contributed by atoms with Gasteiger partial charge in [-0.2, -0.15) is 0 Å². The Kier molecular flexibility index (Phi) is 5.42. The van der Waals surface area contributed by atoms with Crippen molar-refractivity contribution in [3.05, 3.63) is 47.7 Å². The van der Waals surface area contributed by atoms with Crippen LogP contribution in [0.3, 0.4) is 0 Å². The molecule has 6 heteroatoms. The molecule has 2 heterocycles. The molecule has 1 fully saturated rings. The molecular weight excluding hydrogens is 342 g/mol. The number of carbonyl (C=O) groups is 1. The number of nitrogens with zero attached hydrogens (tertiary/aromatic N) is 1. The highest BCUT2D eigenvalue weighted by Crippen LogP contribution is 2.32. The molecule has 1 amide bonds. The van der Waals surface area contributed by atoms with Crippen LogP contribution in [-0.2, 0) is 6.54 Å². The summed E-state index contributed by atoms with van der Waals surface area (Å²) >= 11 is 0. The number of benzene rings is 1. The highest BCUT2D eigenvalue weighted by atomic mass is 16.7. The van der Waals surface area contributed by atoms with Crippen molar-refractivity contribution < 1.29 is 14.3 Å². The van der Waals surface area contributed by atoms with Gasteiger partial charge >= 0.3 is 0 Å². The van der Waals surface area contributed by atoms with E-state index in [9.17, 15) is 4.79 Å². The molecule has 1 aliphatic heterocycles. The van der Waals surface area contributed by atoms with Crippen molar-refractivity contribution in [1.29, 1.82) is 0 Å². The van der Waals surface area contributed by atoms with E-state index in [4.69, 9.17) is 9.47 Å². The van der Waals surface area contributed by atoms with Gasteiger partial charge in [0.1, 0.15) is 5.82 Å². The number of aromatic nitrogens is 1. The number of hydrogen-bond acceptors (Lipinski definition) is 5. The third-order valence-electron chi connectivity index (χ3n) is 5.12. The van der Waals surface area contributed by atoms with Crippen molar-refractivity contribution in [2.45, 2.75) is 51.1 Å². The van der Waals surface area contributed by atoms with Crippen LogP contribution in [-0.4, -0.2) is 23.7 Å². The molecule has 4 rings (SSSR count). The number of anilines is 1. The molecule has 0 unspecified atom stereocenters. The standard InChI is InChI=1S/C21H25N3O3/c25-21(23-13-15-7-8-18-19(11-15)27-14-26-18)16-9-10-22-20(12-16)24-17-5-3-1-2-4-6-17/h7-12,17H,1-6,13-14H2,(H,22,24)(H,23,25). The van der Waals surface area contributed by atoms with Crippen LogP contribution in [0.15, 0.2) is 36.5 Å². The molecule has 0 bridgehead atoms. The smallest absolute Gasteiger partial charge is 0.251 e. The van der Waals surface area contributed by atoms with Crippen molar-refractivity contribution in [3.63, 3.8) is 0 Å². The van der Waals surface area contributed by atoms with Gasteiger partial charge in [0.25, 0.3) is 5.91 Å². The molecule has 0 radical (unpaired) electrons. The molecule has 2 N–H and O–H groups in total. The average Bonchev–Trinajstić information content (AvgIpc) is 3.02. The SMILES string of the molecule is O=C(NCc1ccc2c(c1)OCO2)c1ccnc(NC2CCCCCC2)c1. The Hall–Kier alpha value is -2.76. The topological polar surface area (TPSA) is 72.5 Å². The Labute approximate surface area is 159 Å². The summed E-state index contributed by atoms with van der Waals surface area (Å²) in [5.74, 6) is 2.13. The average molecular weight is 367 g/mol. The first-order chi connectivity index (χ1) is 13.3. The van der Waals surface area contributed by atoms with E-state index in [2.05, 4.69) is 15.6 Å². The van der Waals surface area contributed by atoms with Crippen LogP contribution in [0.4, 0.5) is 5.82 Å². The second-order valence-corrected chi connectivity index (χ2v) is 7.13. The second kappa shape index (κ2) is 8.29. The van der Waals surface area contributed by atoms with E-state index in [-0.39, 0.29) is 12.7 Å². The van der Waals surface area contributed by atoms with Gasteiger partial charge in [0.05, 0.1) is 0 Å². The fourth-order valence-electron chi connectivity index (χ4n) is 3.62. The lowest BCUT2D eigenvalue weighted by atomic mass is 10.1. The summed E-state index contributed by atoms with van der Waals surface area (Å²) in [7, 11) is 0. The van der Waals surface area contributed by atoms with Crippen molar-refractivity contribution in [1.82, 2.24) is 10.3 Å². The molecule has 27 heavy (non-hydrogen) atoms. The third-order valence-corrected chi connectivity index (χ3v) is 5.12. The maximum absolute atomic E-state index is 12.5. The number of amides is 1. The van der Waals surface area contributed by atoms with Gasteiger partial charge in [-0.3, -0.25) is 4.79 Å². The Morgan fingerprint density at radius 1 is 1.04 bits per heavy atom. The summed E-state index contributed by atoms with van der Waals surface area (Å²) in [5.41, 5.74) is 1.58. The molecule has 1 saturated carbocycles. The number of ether oxygens (including phenoxy) is 2. The summed E-state index contributed by atoms with van der Waals surface area (Å²) in [6.07, 6.45) is 9.17. The van der Waals surface area contributed by atoms with Crippen LogP contribution in [0, 0.1) is 0 Å². The van der Waals surface area contributed by atoms with Gasteiger partial charge in [-0.15, -0.1) is 0 Å². The molecule has 0 spiro atoms. The first-order valence-electron chi connectivity index (χ1n) is 9.67. The molecule has 1 aromatic carbocycles. The molecular formula is C21H25N3O3.